The summed E-state index contributed by atoms with van der Waals surface area (Å²) in [7, 11) is 0. The van der Waals surface area contributed by atoms with E-state index in [2.05, 4.69) is 4.90 Å². The molecule has 34 heavy (non-hydrogen) atoms. The number of pyridine rings is 1. The summed E-state index contributed by atoms with van der Waals surface area (Å²) in [6.07, 6.45) is 0. The number of carboxylic acid groups (broad SMARTS) is 2. The Bertz CT molecular complexity index is 928. The van der Waals surface area contributed by atoms with E-state index < -0.39 is 11.9 Å². The van der Waals surface area contributed by atoms with Gasteiger partial charge in [0.05, 0.1) is 31.1 Å². The number of carboxylic acids is 2. The Balaban J connectivity index is 0.00000408. The fourth-order valence-corrected chi connectivity index (χ4v) is 3.93. The van der Waals surface area contributed by atoms with Crippen molar-refractivity contribution in [3.05, 3.63) is 59.4 Å². The van der Waals surface area contributed by atoms with E-state index in [1.807, 2.05) is 54.3 Å². The van der Waals surface area contributed by atoms with Crippen LogP contribution in [0, 0.1) is 0 Å². The van der Waals surface area contributed by atoms with E-state index >= 15 is 0 Å². The minimum atomic E-state index is -0.912. The van der Waals surface area contributed by atoms with Gasteiger partial charge in [0.15, 0.2) is 0 Å². The van der Waals surface area contributed by atoms with Crippen molar-refractivity contribution in [3.63, 3.8) is 0 Å². The number of hydrogen-bond acceptors (Lipinski definition) is 7. The molecule has 2 bridgehead atoms. The average Bonchev–Trinajstić information content (AvgIpc) is 2.76. The molecule has 0 amide bonds. The summed E-state index contributed by atoms with van der Waals surface area (Å²) in [5, 5.41) is 18.6. The Labute approximate surface area is 210 Å². The second kappa shape index (κ2) is 14.0. The van der Waals surface area contributed by atoms with Crippen molar-refractivity contribution in [2.75, 3.05) is 45.9 Å². The predicted octanol–water partition coefficient (Wildman–Crippen LogP) is 1.77. The second-order valence-electron chi connectivity index (χ2n) is 8.18. The van der Waals surface area contributed by atoms with E-state index in [1.54, 1.807) is 4.90 Å². The van der Waals surface area contributed by atoms with Gasteiger partial charge in [-0.3, -0.25) is 29.3 Å². The van der Waals surface area contributed by atoms with Crippen LogP contribution < -0.4 is 4.74 Å². The van der Waals surface area contributed by atoms with Crippen LogP contribution in [0.1, 0.15) is 23.9 Å². The molecule has 1 aliphatic heterocycles. The van der Waals surface area contributed by atoms with Crippen LogP contribution in [-0.4, -0.2) is 87.7 Å². The number of carbonyl (C=O) groups is 2. The summed E-state index contributed by atoms with van der Waals surface area (Å²) in [5.74, 6) is -0.968. The quantitative estimate of drug-likeness (QED) is 0.513. The van der Waals surface area contributed by atoms with Gasteiger partial charge in [-0.25, -0.2) is 0 Å². The molecule has 182 valence electrons. The Kier molecular flexibility index (Phi) is 11.5. The average molecular weight is 511 g/mol. The van der Waals surface area contributed by atoms with Crippen LogP contribution in [0.3, 0.4) is 0 Å². The molecule has 2 aromatic rings. The number of hydrogen-bond donors (Lipinski definition) is 2. The fourth-order valence-electron chi connectivity index (χ4n) is 3.93. The fraction of sp³-hybridized carbons (Fsp3) is 0.458. The number of benzene rings is 1. The van der Waals surface area contributed by atoms with Gasteiger partial charge in [-0.1, -0.05) is 18.2 Å². The molecule has 10 heteroatoms. The minimum absolute atomic E-state index is 0. The summed E-state index contributed by atoms with van der Waals surface area (Å²) in [6, 6.07) is 13.8. The molecule has 0 fully saturated rings. The molecule has 1 aromatic heterocycles. The number of ether oxygens (including phenoxy) is 1. The molecule has 0 aliphatic carbocycles. The van der Waals surface area contributed by atoms with Gasteiger partial charge in [0, 0.05) is 45.8 Å². The SMILES string of the molecule is CCOc1ccc(CN2CCN(CC(=O)O)CCN(CC(=O)O)Cc3cccc(n3)C2)cc1.[Mn+3]. The van der Waals surface area contributed by atoms with E-state index in [9.17, 15) is 19.8 Å². The molecule has 3 rings (SSSR count). The van der Waals surface area contributed by atoms with Crippen LogP contribution in [0.15, 0.2) is 42.5 Å². The van der Waals surface area contributed by atoms with E-state index in [1.165, 1.54) is 0 Å². The second-order valence-corrected chi connectivity index (χ2v) is 8.18. The molecular formula is C24H32MnN4O5+3. The van der Waals surface area contributed by atoms with Gasteiger partial charge in [0.25, 0.3) is 0 Å². The third kappa shape index (κ3) is 9.40. The third-order valence-corrected chi connectivity index (χ3v) is 5.46. The predicted molar refractivity (Wildman–Crippen MR) is 123 cm³/mol. The summed E-state index contributed by atoms with van der Waals surface area (Å²) >= 11 is 0. The van der Waals surface area contributed by atoms with Crippen LogP contribution in [-0.2, 0) is 46.3 Å². The molecule has 1 aliphatic rings. The van der Waals surface area contributed by atoms with Gasteiger partial charge in [-0.15, -0.1) is 0 Å². The van der Waals surface area contributed by atoms with E-state index in [0.29, 0.717) is 52.4 Å². The van der Waals surface area contributed by atoms with Crippen molar-refractivity contribution in [2.24, 2.45) is 0 Å². The molecule has 0 saturated heterocycles. The van der Waals surface area contributed by atoms with Gasteiger partial charge >= 0.3 is 29.0 Å². The number of aromatic nitrogens is 1. The van der Waals surface area contributed by atoms with Crippen molar-refractivity contribution in [1.29, 1.82) is 0 Å². The molecule has 1 aromatic carbocycles. The topological polar surface area (TPSA) is 106 Å². The van der Waals surface area contributed by atoms with Crippen molar-refractivity contribution < 1.29 is 41.6 Å². The number of fused-ring (bicyclic) bond motifs is 2. The first-order chi connectivity index (χ1) is 15.9. The van der Waals surface area contributed by atoms with E-state index in [4.69, 9.17) is 9.72 Å². The maximum absolute atomic E-state index is 11.4. The van der Waals surface area contributed by atoms with Crippen molar-refractivity contribution >= 4 is 11.9 Å². The Morgan fingerprint density at radius 3 is 1.97 bits per heavy atom. The van der Waals surface area contributed by atoms with E-state index in [-0.39, 0.29) is 30.2 Å². The van der Waals surface area contributed by atoms with E-state index in [0.717, 1.165) is 22.7 Å². The summed E-state index contributed by atoms with van der Waals surface area (Å²) in [5.41, 5.74) is 2.85. The minimum Gasteiger partial charge on any atom is -0.494 e. The van der Waals surface area contributed by atoms with Gasteiger partial charge in [0.2, 0.25) is 0 Å². The van der Waals surface area contributed by atoms with Gasteiger partial charge in [-0.2, -0.15) is 0 Å². The summed E-state index contributed by atoms with van der Waals surface area (Å²) in [4.78, 5) is 33.4. The zero-order valence-corrected chi connectivity index (χ0v) is 20.6. The Hall–Kier alpha value is -2.49. The zero-order valence-electron chi connectivity index (χ0n) is 19.4. The molecular weight excluding hydrogens is 479 g/mol. The van der Waals surface area contributed by atoms with Gasteiger partial charge in [-0.05, 0) is 36.8 Å². The standard InChI is InChI=1S/C24H32N4O5.Mn/c1-2-33-22-8-6-19(7-9-22)14-27-12-10-26(17-23(29)30)11-13-28(18-24(31)32)16-21-5-3-4-20(15-27)25-21;/h3-9H,2,10-18H2,1H3,(H,29,30)(H,31,32);/q;+3. The number of aliphatic carboxylic acids is 2. The van der Waals surface area contributed by atoms with Gasteiger partial charge in [0.1, 0.15) is 5.75 Å². The molecule has 0 saturated carbocycles. The Morgan fingerprint density at radius 1 is 0.853 bits per heavy atom. The van der Waals surface area contributed by atoms with Crippen LogP contribution >= 0.6 is 0 Å². The molecule has 2 N–H and O–H groups in total. The smallest absolute Gasteiger partial charge is 0.494 e. The summed E-state index contributed by atoms with van der Waals surface area (Å²) in [6.45, 7) is 6.23. The van der Waals surface area contributed by atoms with Crippen molar-refractivity contribution in [2.45, 2.75) is 26.6 Å². The third-order valence-electron chi connectivity index (χ3n) is 5.46. The first-order valence-electron chi connectivity index (χ1n) is 11.2. The summed E-state index contributed by atoms with van der Waals surface area (Å²) < 4.78 is 5.53. The van der Waals surface area contributed by atoms with Crippen molar-refractivity contribution in [3.8, 4) is 5.75 Å². The van der Waals surface area contributed by atoms with Crippen LogP contribution in [0.2, 0.25) is 0 Å². The molecule has 0 atom stereocenters. The molecule has 2 heterocycles. The molecule has 0 unspecified atom stereocenters. The Morgan fingerprint density at radius 2 is 1.38 bits per heavy atom. The number of nitrogens with zero attached hydrogens (tertiary/aromatic N) is 4. The monoisotopic (exact) mass is 511 g/mol. The van der Waals surface area contributed by atoms with Crippen LogP contribution in [0.25, 0.3) is 0 Å². The maximum atomic E-state index is 11.4. The first kappa shape index (κ1) is 27.8. The van der Waals surface area contributed by atoms with Crippen LogP contribution in [0.5, 0.6) is 5.75 Å². The normalized spacial score (nSPS) is 16.0. The zero-order chi connectivity index (χ0) is 23.6. The molecule has 0 spiro atoms. The molecule has 9 nitrogen and oxygen atoms in total. The maximum Gasteiger partial charge on any atom is 3.00 e. The molecule has 0 radical (unpaired) electrons. The first-order valence-corrected chi connectivity index (χ1v) is 11.2. The largest absolute Gasteiger partial charge is 3.00 e. The van der Waals surface area contributed by atoms with Gasteiger partial charge < -0.3 is 14.9 Å². The van der Waals surface area contributed by atoms with Crippen LogP contribution in [0.4, 0.5) is 0 Å². The van der Waals surface area contributed by atoms with Crippen molar-refractivity contribution in [1.82, 2.24) is 19.7 Å². The number of rotatable bonds is 8.